The molecule has 1 unspecified atom stereocenters. The summed E-state index contributed by atoms with van der Waals surface area (Å²) in [7, 11) is -3.01. The fraction of sp³-hybridized carbons (Fsp3) is 0.667. The summed E-state index contributed by atoms with van der Waals surface area (Å²) in [6.45, 7) is 12.4. The van der Waals surface area contributed by atoms with E-state index in [1.165, 1.54) is 6.26 Å². The fourth-order valence-corrected chi connectivity index (χ4v) is 4.15. The van der Waals surface area contributed by atoms with Gasteiger partial charge in [-0.25, -0.2) is 13.4 Å². The van der Waals surface area contributed by atoms with Crippen LogP contribution >= 0.6 is 0 Å². The van der Waals surface area contributed by atoms with Crippen molar-refractivity contribution in [2.75, 3.05) is 45.6 Å². The molecule has 2 rings (SSSR count). The Morgan fingerprint density at radius 3 is 2.55 bits per heavy atom. The van der Waals surface area contributed by atoms with E-state index in [4.69, 9.17) is 4.74 Å². The van der Waals surface area contributed by atoms with Crippen molar-refractivity contribution in [1.29, 1.82) is 0 Å². The molecule has 164 valence electrons. The van der Waals surface area contributed by atoms with Gasteiger partial charge in [0.05, 0.1) is 25.0 Å². The minimum Gasteiger partial charge on any atom is -0.374 e. The lowest BCUT2D eigenvalue weighted by atomic mass is 10.1. The van der Waals surface area contributed by atoms with Crippen LogP contribution in [0.4, 0.5) is 0 Å². The van der Waals surface area contributed by atoms with E-state index in [1.807, 2.05) is 31.2 Å². The number of hydrogen-bond acceptors (Lipinski definition) is 5. The summed E-state index contributed by atoms with van der Waals surface area (Å²) in [4.78, 5) is 7.11. The molecule has 1 fully saturated rings. The highest BCUT2D eigenvalue weighted by Crippen LogP contribution is 2.09. The molecular formula is C21H36N4O3S. The molecule has 1 aliphatic rings. The van der Waals surface area contributed by atoms with E-state index in [0.717, 1.165) is 49.9 Å². The van der Waals surface area contributed by atoms with Gasteiger partial charge in [-0.2, -0.15) is 0 Å². The molecule has 0 spiro atoms. The van der Waals surface area contributed by atoms with Crippen molar-refractivity contribution < 1.29 is 13.2 Å². The van der Waals surface area contributed by atoms with Crippen LogP contribution in [-0.4, -0.2) is 71.0 Å². The Morgan fingerprint density at radius 1 is 1.24 bits per heavy atom. The van der Waals surface area contributed by atoms with E-state index < -0.39 is 9.84 Å². The summed E-state index contributed by atoms with van der Waals surface area (Å²) < 4.78 is 28.7. The van der Waals surface area contributed by atoms with Gasteiger partial charge in [-0.15, -0.1) is 0 Å². The summed E-state index contributed by atoms with van der Waals surface area (Å²) in [5.41, 5.74) is 1.84. The number of morpholine rings is 1. The van der Waals surface area contributed by atoms with Crippen LogP contribution in [0, 0.1) is 5.92 Å². The Kier molecular flexibility index (Phi) is 9.39. The second-order valence-electron chi connectivity index (χ2n) is 8.11. The third-order valence-electron chi connectivity index (χ3n) is 4.56. The zero-order valence-corrected chi connectivity index (χ0v) is 19.0. The van der Waals surface area contributed by atoms with E-state index in [1.54, 1.807) is 0 Å². The van der Waals surface area contributed by atoms with Crippen molar-refractivity contribution >= 4 is 15.8 Å². The quantitative estimate of drug-likeness (QED) is 0.463. The number of nitrogens with zero attached hydrogens (tertiary/aromatic N) is 2. The molecule has 1 aromatic rings. The van der Waals surface area contributed by atoms with Crippen LogP contribution in [-0.2, 0) is 26.9 Å². The number of ether oxygens (including phenoxy) is 1. The second-order valence-corrected chi connectivity index (χ2v) is 10.2. The van der Waals surface area contributed by atoms with Crippen molar-refractivity contribution in [2.24, 2.45) is 10.9 Å². The number of rotatable bonds is 9. The first-order valence-electron chi connectivity index (χ1n) is 10.4. The molecule has 1 saturated heterocycles. The number of benzene rings is 1. The van der Waals surface area contributed by atoms with Crippen LogP contribution in [0.3, 0.4) is 0 Å². The van der Waals surface area contributed by atoms with Crippen molar-refractivity contribution in [3.05, 3.63) is 35.4 Å². The van der Waals surface area contributed by atoms with Gasteiger partial charge in [-0.3, -0.25) is 4.90 Å². The number of sulfone groups is 1. The molecule has 2 N–H and O–H groups in total. The molecule has 1 aliphatic heterocycles. The maximum atomic E-state index is 11.4. The average Bonchev–Trinajstić information content (AvgIpc) is 2.64. The third-order valence-corrected chi connectivity index (χ3v) is 5.42. The first-order valence-corrected chi connectivity index (χ1v) is 12.4. The van der Waals surface area contributed by atoms with Gasteiger partial charge in [0, 0.05) is 39.0 Å². The third kappa shape index (κ3) is 9.60. The number of guanidine groups is 1. The van der Waals surface area contributed by atoms with E-state index in [9.17, 15) is 8.42 Å². The number of nitrogens with one attached hydrogen (secondary N) is 2. The molecule has 1 atom stereocenters. The fourth-order valence-electron chi connectivity index (χ4n) is 3.35. The summed E-state index contributed by atoms with van der Waals surface area (Å²) in [5.74, 6) is 1.48. The second kappa shape index (κ2) is 11.5. The smallest absolute Gasteiger partial charge is 0.191 e. The van der Waals surface area contributed by atoms with Crippen molar-refractivity contribution in [3.8, 4) is 0 Å². The average molecular weight is 425 g/mol. The Hall–Kier alpha value is -1.64. The van der Waals surface area contributed by atoms with Crippen LogP contribution in [0.2, 0.25) is 0 Å². The van der Waals surface area contributed by atoms with Gasteiger partial charge in [-0.05, 0) is 24.0 Å². The standard InChI is InChI=1S/C21H36N4O3S/c1-5-22-21(24-13-20-15-25(10-11-28-20)14-17(2)3)23-12-18-6-8-19(9-7-18)16-29(4,26)27/h6-9,17,20H,5,10-16H2,1-4H3,(H2,22,23,24). The van der Waals surface area contributed by atoms with E-state index in [0.29, 0.717) is 19.0 Å². The van der Waals surface area contributed by atoms with E-state index in [-0.39, 0.29) is 11.9 Å². The van der Waals surface area contributed by atoms with Crippen LogP contribution in [0.25, 0.3) is 0 Å². The Morgan fingerprint density at radius 2 is 1.93 bits per heavy atom. The monoisotopic (exact) mass is 424 g/mol. The van der Waals surface area contributed by atoms with Crippen molar-refractivity contribution in [3.63, 3.8) is 0 Å². The first-order chi connectivity index (χ1) is 13.7. The lowest BCUT2D eigenvalue weighted by molar-refractivity contribution is -0.0284. The van der Waals surface area contributed by atoms with Gasteiger partial charge in [0.1, 0.15) is 0 Å². The van der Waals surface area contributed by atoms with Gasteiger partial charge < -0.3 is 15.4 Å². The van der Waals surface area contributed by atoms with Crippen LogP contribution in [0.5, 0.6) is 0 Å². The molecule has 0 aromatic heterocycles. The number of aliphatic imine (C=N–C) groups is 1. The molecule has 0 aliphatic carbocycles. The van der Waals surface area contributed by atoms with Gasteiger partial charge in [-0.1, -0.05) is 38.1 Å². The Bertz CT molecular complexity index is 748. The van der Waals surface area contributed by atoms with Crippen LogP contribution in [0.1, 0.15) is 31.9 Å². The Balaban J connectivity index is 1.87. The first kappa shape index (κ1) is 23.6. The summed E-state index contributed by atoms with van der Waals surface area (Å²) in [5, 5.41) is 6.65. The van der Waals surface area contributed by atoms with E-state index in [2.05, 4.69) is 34.4 Å². The van der Waals surface area contributed by atoms with Gasteiger partial charge >= 0.3 is 0 Å². The SMILES string of the molecule is CCNC(=NCc1ccc(CS(C)(=O)=O)cc1)NCC1CN(CC(C)C)CCO1. The summed E-state index contributed by atoms with van der Waals surface area (Å²) >= 11 is 0. The molecule has 1 heterocycles. The lowest BCUT2D eigenvalue weighted by Crippen LogP contribution is -2.50. The minimum absolute atomic E-state index is 0.0654. The predicted molar refractivity (Wildman–Crippen MR) is 119 cm³/mol. The molecule has 7 nitrogen and oxygen atoms in total. The summed E-state index contributed by atoms with van der Waals surface area (Å²) in [6.07, 6.45) is 1.40. The molecule has 1 aromatic carbocycles. The van der Waals surface area contributed by atoms with Gasteiger partial charge in [0.25, 0.3) is 0 Å². The minimum atomic E-state index is -3.01. The van der Waals surface area contributed by atoms with Crippen molar-refractivity contribution in [2.45, 2.75) is 39.2 Å². The highest BCUT2D eigenvalue weighted by molar-refractivity contribution is 7.89. The largest absolute Gasteiger partial charge is 0.374 e. The maximum absolute atomic E-state index is 11.4. The zero-order valence-electron chi connectivity index (χ0n) is 18.1. The highest BCUT2D eigenvalue weighted by atomic mass is 32.2. The van der Waals surface area contributed by atoms with E-state index >= 15 is 0 Å². The van der Waals surface area contributed by atoms with Crippen LogP contribution in [0.15, 0.2) is 29.3 Å². The number of hydrogen-bond donors (Lipinski definition) is 2. The topological polar surface area (TPSA) is 83.0 Å². The maximum Gasteiger partial charge on any atom is 0.191 e. The van der Waals surface area contributed by atoms with Crippen molar-refractivity contribution in [1.82, 2.24) is 15.5 Å². The molecular weight excluding hydrogens is 388 g/mol. The zero-order chi connectivity index (χ0) is 21.3. The van der Waals surface area contributed by atoms with Gasteiger partial charge in [0.15, 0.2) is 15.8 Å². The molecule has 0 amide bonds. The molecule has 0 saturated carbocycles. The molecule has 29 heavy (non-hydrogen) atoms. The normalized spacial score (nSPS) is 18.8. The molecule has 0 radical (unpaired) electrons. The Labute approximate surface area is 175 Å². The highest BCUT2D eigenvalue weighted by Gasteiger charge is 2.21. The molecule has 8 heteroatoms. The summed E-state index contributed by atoms with van der Waals surface area (Å²) in [6, 6.07) is 7.57. The van der Waals surface area contributed by atoms with Gasteiger partial charge in [0.2, 0.25) is 0 Å². The predicted octanol–water partition coefficient (Wildman–Crippen LogP) is 1.64. The lowest BCUT2D eigenvalue weighted by Gasteiger charge is -2.34. The molecule has 0 bridgehead atoms. The van der Waals surface area contributed by atoms with Crippen LogP contribution < -0.4 is 10.6 Å².